The zero-order valence-electron chi connectivity index (χ0n) is 17.2. The molecule has 5 nitrogen and oxygen atoms in total. The molecule has 2 aromatic carbocycles. The van der Waals surface area contributed by atoms with Crippen molar-refractivity contribution in [2.45, 2.75) is 44.8 Å². The number of rotatable bonds is 5. The van der Waals surface area contributed by atoms with Gasteiger partial charge in [0.25, 0.3) is 0 Å². The van der Waals surface area contributed by atoms with Gasteiger partial charge in [-0.1, -0.05) is 25.4 Å². The van der Waals surface area contributed by atoms with Crippen LogP contribution in [0.2, 0.25) is 5.02 Å². The molecule has 0 radical (unpaired) electrons. The van der Waals surface area contributed by atoms with E-state index in [1.807, 2.05) is 25.1 Å². The van der Waals surface area contributed by atoms with Gasteiger partial charge in [0.1, 0.15) is 24.6 Å². The number of ketones is 1. The van der Waals surface area contributed by atoms with Crippen LogP contribution in [0.5, 0.6) is 5.75 Å². The number of carbonyl (C=O) groups excluding carboxylic acids is 1. The molecule has 30 heavy (non-hydrogen) atoms. The van der Waals surface area contributed by atoms with E-state index < -0.39 is 18.8 Å². The Kier molecular flexibility index (Phi) is 5.27. The molecule has 0 spiro atoms. The molecule has 0 saturated carbocycles. The lowest BCUT2D eigenvalue weighted by molar-refractivity contribution is -0.0339. The summed E-state index contributed by atoms with van der Waals surface area (Å²) in [5.74, 6) is 0.499. The minimum absolute atomic E-state index is 0.00193. The summed E-state index contributed by atoms with van der Waals surface area (Å²) in [5.41, 5.74) is 5.97. The van der Waals surface area contributed by atoms with Crippen LogP contribution in [-0.4, -0.2) is 46.5 Å². The topological polar surface area (TPSA) is 87.0 Å². The molecule has 158 valence electrons. The van der Waals surface area contributed by atoms with Crippen molar-refractivity contribution in [1.29, 1.82) is 0 Å². The van der Waals surface area contributed by atoms with Crippen LogP contribution in [0.1, 0.15) is 46.5 Å². The fourth-order valence-corrected chi connectivity index (χ4v) is 4.56. The lowest BCUT2D eigenvalue weighted by Crippen LogP contribution is -2.34. The quantitative estimate of drug-likeness (QED) is 0.680. The largest absolute Gasteiger partial charge is 0.491 e. The van der Waals surface area contributed by atoms with Crippen LogP contribution in [0, 0.1) is 6.92 Å². The van der Waals surface area contributed by atoms with Crippen molar-refractivity contribution in [3.8, 4) is 5.75 Å². The Morgan fingerprint density at radius 3 is 2.57 bits per heavy atom. The Bertz CT molecular complexity index is 1070. The fraction of sp³-hybridized carbons (Fsp3) is 0.375. The number of Topliss-reactive ketones (excluding diaryl/α,β-unsaturated/α-hetero) is 1. The maximum atomic E-state index is 13.4. The van der Waals surface area contributed by atoms with E-state index in [1.165, 1.54) is 0 Å². The number of allylic oxidation sites excluding steroid dienone is 2. The maximum Gasteiger partial charge on any atom is 0.193 e. The normalized spacial score (nSPS) is 18.6. The number of carbonyl (C=O) groups is 1. The molecule has 0 fully saturated rings. The summed E-state index contributed by atoms with van der Waals surface area (Å²) in [4.78, 5) is 13.4. The molecule has 0 aliphatic heterocycles. The summed E-state index contributed by atoms with van der Waals surface area (Å²) in [5, 5.41) is 29.0. The van der Waals surface area contributed by atoms with Gasteiger partial charge in [-0.05, 0) is 71.5 Å². The Morgan fingerprint density at radius 1 is 1.13 bits per heavy atom. The molecule has 4 rings (SSSR count). The summed E-state index contributed by atoms with van der Waals surface area (Å²) in [7, 11) is 0. The van der Waals surface area contributed by atoms with E-state index in [-0.39, 0.29) is 17.8 Å². The van der Waals surface area contributed by atoms with Crippen molar-refractivity contribution in [2.24, 2.45) is 0 Å². The van der Waals surface area contributed by atoms with Crippen LogP contribution in [0.3, 0.4) is 0 Å². The highest BCUT2D eigenvalue weighted by Crippen LogP contribution is 2.51. The fourth-order valence-electron chi connectivity index (χ4n) is 4.38. The Labute approximate surface area is 180 Å². The van der Waals surface area contributed by atoms with Crippen LogP contribution in [0.25, 0.3) is 5.57 Å². The zero-order valence-corrected chi connectivity index (χ0v) is 18.0. The monoisotopic (exact) mass is 428 g/mol. The van der Waals surface area contributed by atoms with E-state index in [0.29, 0.717) is 22.8 Å². The van der Waals surface area contributed by atoms with Crippen molar-refractivity contribution >= 4 is 23.0 Å². The van der Waals surface area contributed by atoms with Crippen LogP contribution < -0.4 is 4.74 Å². The molecule has 0 unspecified atom stereocenters. The lowest BCUT2D eigenvalue weighted by Gasteiger charge is -2.34. The zero-order chi connectivity index (χ0) is 21.8. The minimum Gasteiger partial charge on any atom is -0.491 e. The second kappa shape index (κ2) is 7.50. The summed E-state index contributed by atoms with van der Waals surface area (Å²) in [6.45, 7) is 5.44. The number of benzene rings is 2. The summed E-state index contributed by atoms with van der Waals surface area (Å²) in [6, 6.07) is 9.25. The molecule has 0 saturated heterocycles. The molecule has 6 heteroatoms. The van der Waals surface area contributed by atoms with E-state index in [9.17, 15) is 15.0 Å². The van der Waals surface area contributed by atoms with Gasteiger partial charge in [-0.25, -0.2) is 0 Å². The third-order valence-electron chi connectivity index (χ3n) is 6.27. The molecule has 2 aliphatic rings. The standard InChI is InChI=1S/C24H25ClO5/c1-12-6-16-13(8-19(12)25)7-18-22(16)23(29)15-5-4-14(9-17(15)24(18,2)3)30-11-21(28)20(27)10-26/h4-6,8-9,20-21,26-28H,7,10-11H2,1-3H3/t20-,21-/m1/s1. The number of aryl methyl sites for hydroxylation is 1. The van der Waals surface area contributed by atoms with Gasteiger partial charge in [-0.15, -0.1) is 0 Å². The number of fused-ring (bicyclic) bond motifs is 3. The number of ether oxygens (including phenoxy) is 1. The third-order valence-corrected chi connectivity index (χ3v) is 6.67. The second-order valence-electron chi connectivity index (χ2n) is 8.58. The van der Waals surface area contributed by atoms with Gasteiger partial charge >= 0.3 is 0 Å². The summed E-state index contributed by atoms with van der Waals surface area (Å²) in [6.07, 6.45) is -1.79. The van der Waals surface area contributed by atoms with Crippen LogP contribution in [0.15, 0.2) is 35.9 Å². The summed E-state index contributed by atoms with van der Waals surface area (Å²) >= 11 is 6.33. The average molecular weight is 429 g/mol. The van der Waals surface area contributed by atoms with E-state index in [0.717, 1.165) is 33.4 Å². The molecule has 2 aliphatic carbocycles. The van der Waals surface area contributed by atoms with Gasteiger partial charge in [-0.3, -0.25) is 4.79 Å². The van der Waals surface area contributed by atoms with Gasteiger partial charge in [0.2, 0.25) is 0 Å². The predicted molar refractivity (Wildman–Crippen MR) is 115 cm³/mol. The lowest BCUT2D eigenvalue weighted by atomic mass is 9.68. The Morgan fingerprint density at radius 2 is 1.87 bits per heavy atom. The Hall–Kier alpha value is -2.18. The third kappa shape index (κ3) is 3.26. The number of hydrogen-bond donors (Lipinski definition) is 3. The molecule has 0 amide bonds. The van der Waals surface area contributed by atoms with Gasteiger partial charge in [0, 0.05) is 21.6 Å². The van der Waals surface area contributed by atoms with Crippen molar-refractivity contribution in [2.75, 3.05) is 13.2 Å². The van der Waals surface area contributed by atoms with Crippen LogP contribution in [0.4, 0.5) is 0 Å². The number of aliphatic hydroxyl groups excluding tert-OH is 3. The van der Waals surface area contributed by atoms with E-state index in [4.69, 9.17) is 21.4 Å². The molecule has 2 atom stereocenters. The Balaban J connectivity index is 1.70. The second-order valence-corrected chi connectivity index (χ2v) is 8.99. The van der Waals surface area contributed by atoms with Gasteiger partial charge in [0.05, 0.1) is 6.61 Å². The van der Waals surface area contributed by atoms with Crippen LogP contribution >= 0.6 is 11.6 Å². The smallest absolute Gasteiger partial charge is 0.193 e. The highest BCUT2D eigenvalue weighted by Gasteiger charge is 2.43. The highest BCUT2D eigenvalue weighted by molar-refractivity contribution is 6.34. The maximum absolute atomic E-state index is 13.4. The molecular formula is C24H25ClO5. The first-order chi connectivity index (χ1) is 14.1. The summed E-state index contributed by atoms with van der Waals surface area (Å²) < 4.78 is 5.62. The first-order valence-corrected chi connectivity index (χ1v) is 10.3. The van der Waals surface area contributed by atoms with Crippen LogP contribution in [-0.2, 0) is 11.8 Å². The number of halogens is 1. The van der Waals surface area contributed by atoms with Crippen molar-refractivity contribution in [1.82, 2.24) is 0 Å². The first kappa shape index (κ1) is 21.1. The highest BCUT2D eigenvalue weighted by atomic mass is 35.5. The van der Waals surface area contributed by atoms with E-state index >= 15 is 0 Å². The number of aliphatic hydroxyl groups is 3. The van der Waals surface area contributed by atoms with Crippen molar-refractivity contribution in [3.05, 3.63) is 68.7 Å². The molecule has 0 aromatic heterocycles. The molecule has 2 aromatic rings. The van der Waals surface area contributed by atoms with Gasteiger partial charge < -0.3 is 20.1 Å². The SMILES string of the molecule is Cc1cc2c(cc1Cl)CC1=C2C(=O)c2ccc(OC[C@@H](O)[C@H](O)CO)cc2C1(C)C. The minimum atomic E-state index is -1.26. The molecule has 3 N–H and O–H groups in total. The van der Waals surface area contributed by atoms with Crippen molar-refractivity contribution < 1.29 is 24.9 Å². The van der Waals surface area contributed by atoms with Gasteiger partial charge in [-0.2, -0.15) is 0 Å². The van der Waals surface area contributed by atoms with Gasteiger partial charge in [0.15, 0.2) is 5.78 Å². The molecular weight excluding hydrogens is 404 g/mol. The number of hydrogen-bond acceptors (Lipinski definition) is 5. The van der Waals surface area contributed by atoms with E-state index in [2.05, 4.69) is 13.8 Å². The predicted octanol–water partition coefficient (Wildman–Crippen LogP) is 3.23. The average Bonchev–Trinajstić information content (AvgIpc) is 3.09. The molecule has 0 bridgehead atoms. The van der Waals surface area contributed by atoms with Crippen molar-refractivity contribution in [3.63, 3.8) is 0 Å². The molecule has 0 heterocycles. The first-order valence-electron chi connectivity index (χ1n) is 9.97. The van der Waals surface area contributed by atoms with E-state index in [1.54, 1.807) is 12.1 Å².